The predicted molar refractivity (Wildman–Crippen MR) is 286 cm³/mol. The van der Waals surface area contributed by atoms with Crippen LogP contribution in [0.25, 0.3) is 10.9 Å². The number of aryl methyl sites for hydroxylation is 2. The zero-order valence-corrected chi connectivity index (χ0v) is 48.2. The highest BCUT2D eigenvalue weighted by Crippen LogP contribution is 2.44. The monoisotopic (exact) mass is 1090 g/mol. The zero-order valence-electron chi connectivity index (χ0n) is 48.2. The van der Waals surface area contributed by atoms with Crippen molar-refractivity contribution in [3.8, 4) is 0 Å². The number of aliphatic hydroxyl groups is 2. The number of ketones is 1. The second kappa shape index (κ2) is 26.1. The van der Waals surface area contributed by atoms with Crippen LogP contribution >= 0.6 is 0 Å². The fourth-order valence-electron chi connectivity index (χ4n) is 12.8. The highest BCUT2D eigenvalue weighted by Gasteiger charge is 2.58. The summed E-state index contributed by atoms with van der Waals surface area (Å²) in [6.45, 7) is 21.9. The molecule has 0 aliphatic carbocycles. The Hall–Kier alpha value is -3.93. The number of cyclic esters (lactones) is 1. The molecule has 0 amide bonds. The second-order valence-corrected chi connectivity index (χ2v) is 23.1. The molecule has 5 heterocycles. The Morgan fingerprint density at radius 1 is 0.935 bits per heavy atom. The molecule has 77 heavy (non-hydrogen) atoms. The van der Waals surface area contributed by atoms with E-state index in [0.29, 0.717) is 62.6 Å². The molecule has 20 nitrogen and oxygen atoms in total. The van der Waals surface area contributed by atoms with Crippen molar-refractivity contribution in [3.63, 3.8) is 0 Å². The Morgan fingerprint density at radius 2 is 1.64 bits per heavy atom. The standard InChI is InChI=1S/C57H90N4O16/c1-16-42-57(11)50(60(14)55(69)77-57)33(6)45(63)30(3)25-31(4)48(76-54-47(65)41(59(12)13)26-32(5)71-54)34(7)49(35(8)53(68)73-42)75-44-28-56(10,70-15)51(36(9)72-44)74-43(62)22-24-58-23-18-19-37-20-21-40-38(27-37)46(64)39(52(66)67)29-61(40)17-2/h20-21,27,29-36,41-42,44,47-51,54-55,58,65,69H,16-19,22-26,28H2,1-15H3,(H,66,67)/t30-,31?,32-,33+,34-,35-,36+,41+,42-,44+,47-,48+,49+,50-,51+,54+,55?,56-,57-/m1/s1. The molecular formula is C57H90N4O16. The summed E-state index contributed by atoms with van der Waals surface area (Å²) < 4.78 is 53.5. The number of ether oxygens (including phenoxy) is 8. The first kappa shape index (κ1) is 62.3. The molecule has 1 aromatic carbocycles. The number of aromatic nitrogens is 1. The number of likely N-dealkylation sites (N-methyl/N-ethyl adjacent to an activating group) is 2. The number of methoxy groups -OCH3 is 1. The summed E-state index contributed by atoms with van der Waals surface area (Å²) in [5.41, 5.74) is -1.58. The SMILES string of the molecule is CC[C@H]1OC(=O)[C@H](C)[C@@H](O[C@H]2C[C@@](C)(OC)[C@@H](OC(=O)CCNCCCc3ccc4c(c3)c(=O)c(C(=O)O)cn4CC)[C@H](C)O2)[C@H](C)[C@@H](O[C@@H]2O[C@H](C)C[C@H](N(C)C)[C@H]2O)C(C)C[C@@H](C)C(=O)[C@H](C)[C@H]2N(C)C(O)O[C@]12C. The maximum atomic E-state index is 14.8. The van der Waals surface area contributed by atoms with Gasteiger partial charge in [-0.2, -0.15) is 0 Å². The van der Waals surface area contributed by atoms with E-state index in [1.54, 1.807) is 43.4 Å². The molecule has 4 saturated heterocycles. The van der Waals surface area contributed by atoms with Crippen LogP contribution < -0.4 is 10.7 Å². The largest absolute Gasteiger partial charge is 0.477 e. The summed E-state index contributed by atoms with van der Waals surface area (Å²) in [7, 11) is 7.03. The van der Waals surface area contributed by atoms with Crippen molar-refractivity contribution >= 4 is 34.6 Å². The lowest BCUT2D eigenvalue weighted by atomic mass is 9.74. The number of nitrogens with one attached hydrogen (secondary N) is 1. The molecule has 0 bridgehead atoms. The maximum absolute atomic E-state index is 14.8. The molecule has 0 saturated carbocycles. The molecule has 4 aliphatic rings. The van der Waals surface area contributed by atoms with E-state index in [1.165, 1.54) is 13.3 Å². The topological polar surface area (TPSA) is 243 Å². The predicted octanol–water partition coefficient (Wildman–Crippen LogP) is 5.12. The van der Waals surface area contributed by atoms with Crippen LogP contribution in [-0.2, 0) is 65.2 Å². The van der Waals surface area contributed by atoms with E-state index in [2.05, 4.69) is 5.32 Å². The Balaban J connectivity index is 1.18. The number of rotatable bonds is 17. The molecule has 6 rings (SSSR count). The van der Waals surface area contributed by atoms with Crippen LogP contribution in [0.1, 0.15) is 131 Å². The molecule has 4 aliphatic heterocycles. The van der Waals surface area contributed by atoms with Crippen LogP contribution in [0, 0.1) is 29.6 Å². The van der Waals surface area contributed by atoms with Gasteiger partial charge in [-0.15, -0.1) is 0 Å². The lowest BCUT2D eigenvalue weighted by molar-refractivity contribution is -0.310. The van der Waals surface area contributed by atoms with Crippen molar-refractivity contribution < 1.29 is 72.4 Å². The molecule has 19 atom stereocenters. The number of aromatic carboxylic acids is 1. The van der Waals surface area contributed by atoms with E-state index in [-0.39, 0.29) is 42.3 Å². The van der Waals surface area contributed by atoms with Gasteiger partial charge in [-0.1, -0.05) is 40.7 Å². The van der Waals surface area contributed by atoms with E-state index in [0.717, 1.165) is 5.56 Å². The number of fused-ring (bicyclic) bond motifs is 2. The number of carbonyl (C=O) groups excluding carboxylic acids is 3. The summed E-state index contributed by atoms with van der Waals surface area (Å²) in [6, 6.07) is 4.62. The average molecular weight is 1090 g/mol. The van der Waals surface area contributed by atoms with Gasteiger partial charge in [0.25, 0.3) is 0 Å². The molecule has 1 aromatic heterocycles. The number of pyridine rings is 1. The van der Waals surface area contributed by atoms with Crippen LogP contribution in [0.4, 0.5) is 0 Å². The van der Waals surface area contributed by atoms with Crippen molar-refractivity contribution in [2.24, 2.45) is 29.6 Å². The number of esters is 2. The zero-order chi connectivity index (χ0) is 57.0. The van der Waals surface area contributed by atoms with Crippen molar-refractivity contribution in [1.29, 1.82) is 0 Å². The van der Waals surface area contributed by atoms with Gasteiger partial charge in [0.2, 0.25) is 11.8 Å². The van der Waals surface area contributed by atoms with E-state index in [9.17, 15) is 39.3 Å². The summed E-state index contributed by atoms with van der Waals surface area (Å²) in [6.07, 6.45) is -4.69. The molecule has 2 aromatic rings. The summed E-state index contributed by atoms with van der Waals surface area (Å²) in [4.78, 5) is 71.2. The van der Waals surface area contributed by atoms with Gasteiger partial charge in [-0.3, -0.25) is 24.1 Å². The van der Waals surface area contributed by atoms with Crippen LogP contribution in [0.3, 0.4) is 0 Å². The highest BCUT2D eigenvalue weighted by molar-refractivity contribution is 5.92. The first-order chi connectivity index (χ1) is 36.2. The van der Waals surface area contributed by atoms with Gasteiger partial charge in [0, 0.05) is 62.0 Å². The van der Waals surface area contributed by atoms with Crippen molar-refractivity contribution in [1.82, 2.24) is 19.7 Å². The smallest absolute Gasteiger partial charge is 0.341 e. The minimum absolute atomic E-state index is 0.0473. The summed E-state index contributed by atoms with van der Waals surface area (Å²) in [5, 5.41) is 36.1. The first-order valence-electron chi connectivity index (χ1n) is 27.8. The first-order valence-corrected chi connectivity index (χ1v) is 27.8. The minimum Gasteiger partial charge on any atom is -0.477 e. The number of carboxylic acids is 1. The Labute approximate surface area is 454 Å². The third kappa shape index (κ3) is 13.6. The van der Waals surface area contributed by atoms with Gasteiger partial charge in [-0.05, 0) is 125 Å². The molecule has 2 unspecified atom stereocenters. The van der Waals surface area contributed by atoms with Crippen molar-refractivity contribution in [2.75, 3.05) is 41.3 Å². The number of carboxylic acid groups (broad SMARTS) is 1. The fraction of sp³-hybridized carbons (Fsp3) is 0.772. The highest BCUT2D eigenvalue weighted by atomic mass is 16.7. The molecule has 434 valence electrons. The lowest BCUT2D eigenvalue weighted by Gasteiger charge is -2.48. The molecule has 4 N–H and O–H groups in total. The number of benzene rings is 1. The third-order valence-electron chi connectivity index (χ3n) is 17.2. The third-order valence-corrected chi connectivity index (χ3v) is 17.2. The number of carbonyl (C=O) groups is 4. The van der Waals surface area contributed by atoms with E-state index in [1.807, 2.05) is 86.5 Å². The van der Waals surface area contributed by atoms with Gasteiger partial charge < -0.3 is 68.0 Å². The van der Waals surface area contributed by atoms with Gasteiger partial charge in [-0.25, -0.2) is 4.79 Å². The number of Topliss-reactive ketones (excluding diaryl/α,β-unsaturated/α-hetero) is 1. The number of hydrogen-bond donors (Lipinski definition) is 4. The van der Waals surface area contributed by atoms with Crippen LogP contribution in [-0.4, -0.2) is 180 Å². The number of aliphatic hydroxyl groups excluding tert-OH is 2. The van der Waals surface area contributed by atoms with E-state index < -0.39 is 120 Å². The quantitative estimate of drug-likeness (QED) is 0.119. The van der Waals surface area contributed by atoms with Crippen LogP contribution in [0.15, 0.2) is 29.2 Å². The Bertz CT molecular complexity index is 2420. The normalized spacial score (nSPS) is 37.8. The molecule has 0 radical (unpaired) electrons. The van der Waals surface area contributed by atoms with Crippen molar-refractivity contribution in [3.05, 3.63) is 45.7 Å². The average Bonchev–Trinajstić information content (AvgIpc) is 3.66. The maximum Gasteiger partial charge on any atom is 0.341 e. The number of nitrogens with zero attached hydrogens (tertiary/aromatic N) is 3. The van der Waals surface area contributed by atoms with E-state index >= 15 is 0 Å². The number of hydrogen-bond acceptors (Lipinski definition) is 18. The molecule has 4 fully saturated rings. The van der Waals surface area contributed by atoms with Gasteiger partial charge in [0.1, 0.15) is 34.8 Å². The molecule has 20 heteroatoms. The Kier molecular flexibility index (Phi) is 21.1. The van der Waals surface area contributed by atoms with Crippen LogP contribution in [0.2, 0.25) is 0 Å². The molecule has 0 spiro atoms. The van der Waals surface area contributed by atoms with Crippen LogP contribution in [0.5, 0.6) is 0 Å². The summed E-state index contributed by atoms with van der Waals surface area (Å²) in [5.74, 6) is -5.41. The lowest BCUT2D eigenvalue weighted by Crippen LogP contribution is -2.60. The van der Waals surface area contributed by atoms with Gasteiger partial charge >= 0.3 is 17.9 Å². The van der Waals surface area contributed by atoms with Crippen molar-refractivity contribution in [2.45, 2.75) is 213 Å². The Morgan fingerprint density at radius 3 is 2.27 bits per heavy atom. The van der Waals surface area contributed by atoms with Gasteiger partial charge in [0.05, 0.1) is 48.3 Å². The fourth-order valence-corrected chi connectivity index (χ4v) is 12.8. The second-order valence-electron chi connectivity index (χ2n) is 23.1. The van der Waals surface area contributed by atoms with Gasteiger partial charge in [0.15, 0.2) is 18.7 Å². The molecular weight excluding hydrogens is 997 g/mol. The minimum atomic E-state index is -1.34. The van der Waals surface area contributed by atoms with E-state index in [4.69, 9.17) is 37.9 Å². The summed E-state index contributed by atoms with van der Waals surface area (Å²) >= 11 is 0.